The molecule has 4 rings (SSSR count). The average molecular weight is 579 g/mol. The highest BCUT2D eigenvalue weighted by molar-refractivity contribution is 7.92. The van der Waals surface area contributed by atoms with Gasteiger partial charge in [0.25, 0.3) is 10.0 Å². The van der Waals surface area contributed by atoms with Gasteiger partial charge in [0.2, 0.25) is 5.91 Å². The molecule has 208 valence electrons. The fourth-order valence-electron chi connectivity index (χ4n) is 4.98. The van der Waals surface area contributed by atoms with Crippen molar-refractivity contribution in [3.05, 3.63) is 94.3 Å². The second-order valence-electron chi connectivity index (χ2n) is 9.66. The molecule has 3 aromatic rings. The highest BCUT2D eigenvalue weighted by Crippen LogP contribution is 2.37. The first-order valence-electron chi connectivity index (χ1n) is 12.9. The summed E-state index contributed by atoms with van der Waals surface area (Å²) in [6, 6.07) is 10.8. The van der Waals surface area contributed by atoms with Crippen LogP contribution in [-0.2, 0) is 21.2 Å². The van der Waals surface area contributed by atoms with E-state index in [2.05, 4.69) is 0 Å². The predicted molar refractivity (Wildman–Crippen MR) is 146 cm³/mol. The summed E-state index contributed by atoms with van der Waals surface area (Å²) in [5, 5.41) is 0.311. The van der Waals surface area contributed by atoms with E-state index in [0.717, 1.165) is 54.9 Å². The third kappa shape index (κ3) is 6.76. The Labute approximate surface area is 232 Å². The average Bonchev–Trinajstić information content (AvgIpc) is 2.91. The van der Waals surface area contributed by atoms with E-state index in [4.69, 9.17) is 11.6 Å². The van der Waals surface area contributed by atoms with Crippen LogP contribution < -0.4 is 4.31 Å². The number of likely N-dealkylation sites (tertiary alicyclic amines) is 1. The molecule has 5 nitrogen and oxygen atoms in total. The number of hydrogen-bond donors (Lipinski definition) is 0. The van der Waals surface area contributed by atoms with Gasteiger partial charge in [0.15, 0.2) is 0 Å². The first-order chi connectivity index (χ1) is 18.6. The number of sulfonamides is 1. The third-order valence-corrected chi connectivity index (χ3v) is 9.12. The second kappa shape index (κ2) is 12.4. The summed E-state index contributed by atoms with van der Waals surface area (Å²) in [5.41, 5.74) is 0.429. The van der Waals surface area contributed by atoms with Crippen LogP contribution in [0.4, 0.5) is 18.9 Å². The molecule has 0 radical (unpaired) electrons. The number of piperidine rings is 1. The molecule has 0 aliphatic carbocycles. The number of carbonyl (C=O) groups is 1. The molecule has 1 aliphatic heterocycles. The van der Waals surface area contributed by atoms with E-state index in [-0.39, 0.29) is 17.2 Å². The zero-order valence-electron chi connectivity index (χ0n) is 21.5. The van der Waals surface area contributed by atoms with Gasteiger partial charge >= 0.3 is 0 Å². The summed E-state index contributed by atoms with van der Waals surface area (Å²) in [4.78, 5) is 14.3. The van der Waals surface area contributed by atoms with Gasteiger partial charge in [-0.05, 0) is 98.7 Å². The van der Waals surface area contributed by atoms with Crippen molar-refractivity contribution < 1.29 is 26.4 Å². The van der Waals surface area contributed by atoms with Gasteiger partial charge in [-0.15, -0.1) is 0 Å². The molecular formula is C29H30ClF3N2O3S. The van der Waals surface area contributed by atoms with Crippen LogP contribution >= 0.6 is 11.6 Å². The van der Waals surface area contributed by atoms with Gasteiger partial charge in [-0.1, -0.05) is 17.7 Å². The van der Waals surface area contributed by atoms with E-state index in [1.165, 1.54) is 49.4 Å². The Kier molecular flexibility index (Phi) is 9.23. The molecule has 1 amide bonds. The summed E-state index contributed by atoms with van der Waals surface area (Å²) in [6.07, 6.45) is 4.07. The number of amides is 1. The van der Waals surface area contributed by atoms with Crippen LogP contribution in [0.2, 0.25) is 5.02 Å². The fourth-order valence-corrected chi connectivity index (χ4v) is 6.74. The summed E-state index contributed by atoms with van der Waals surface area (Å²) in [7, 11) is -4.42. The van der Waals surface area contributed by atoms with Crippen LogP contribution in [0, 0.1) is 17.5 Å². The van der Waals surface area contributed by atoms with E-state index in [1.807, 2.05) is 4.90 Å². The Hall–Kier alpha value is -3.04. The Morgan fingerprint density at radius 2 is 1.59 bits per heavy atom. The van der Waals surface area contributed by atoms with Crippen molar-refractivity contribution in [3.63, 3.8) is 0 Å². The van der Waals surface area contributed by atoms with E-state index in [9.17, 15) is 22.0 Å². The summed E-state index contributed by atoms with van der Waals surface area (Å²) >= 11 is 5.94. The predicted octanol–water partition coefficient (Wildman–Crippen LogP) is 7.05. The maximum absolute atomic E-state index is 15.0. The molecule has 39 heavy (non-hydrogen) atoms. The maximum Gasteiger partial charge on any atom is 0.264 e. The van der Waals surface area contributed by atoms with Gasteiger partial charge in [0.1, 0.15) is 17.5 Å². The Bertz CT molecular complexity index is 1430. The molecule has 1 unspecified atom stereocenters. The summed E-state index contributed by atoms with van der Waals surface area (Å²) in [6.45, 7) is 3.00. The molecule has 0 bridgehead atoms. The molecule has 0 N–H and O–H groups in total. The largest absolute Gasteiger partial charge is 0.343 e. The van der Waals surface area contributed by atoms with Crippen molar-refractivity contribution in [1.82, 2.24) is 4.90 Å². The molecule has 1 aliphatic rings. The van der Waals surface area contributed by atoms with E-state index in [1.54, 1.807) is 0 Å². The van der Waals surface area contributed by atoms with Gasteiger partial charge in [-0.25, -0.2) is 21.6 Å². The van der Waals surface area contributed by atoms with Gasteiger partial charge in [-0.2, -0.15) is 0 Å². The molecule has 0 aromatic heterocycles. The topological polar surface area (TPSA) is 57.7 Å². The zero-order chi connectivity index (χ0) is 28.2. The van der Waals surface area contributed by atoms with Gasteiger partial charge in [0, 0.05) is 30.6 Å². The lowest BCUT2D eigenvalue weighted by atomic mass is 9.96. The van der Waals surface area contributed by atoms with Crippen molar-refractivity contribution in [2.45, 2.75) is 56.4 Å². The summed E-state index contributed by atoms with van der Waals surface area (Å²) < 4.78 is 72.1. The van der Waals surface area contributed by atoms with Crippen molar-refractivity contribution in [2.24, 2.45) is 0 Å². The normalized spacial score (nSPS) is 14.7. The monoisotopic (exact) mass is 578 g/mol. The van der Waals surface area contributed by atoms with Crippen LogP contribution in [0.5, 0.6) is 0 Å². The molecule has 10 heteroatoms. The molecule has 1 fully saturated rings. The van der Waals surface area contributed by atoms with E-state index >= 15 is 4.39 Å². The Morgan fingerprint density at radius 3 is 2.28 bits per heavy atom. The number of anilines is 1. The minimum absolute atomic E-state index is 0.0366. The second-order valence-corrected chi connectivity index (χ2v) is 11.9. The minimum Gasteiger partial charge on any atom is -0.343 e. The molecule has 0 spiro atoms. The third-order valence-electron chi connectivity index (χ3n) is 6.97. The minimum atomic E-state index is -4.42. The highest BCUT2D eigenvalue weighted by atomic mass is 35.5. The Balaban J connectivity index is 1.69. The Morgan fingerprint density at radius 1 is 0.949 bits per heavy atom. The van der Waals surface area contributed by atoms with Gasteiger partial charge in [-0.3, -0.25) is 9.10 Å². The smallest absolute Gasteiger partial charge is 0.264 e. The van der Waals surface area contributed by atoms with Crippen LogP contribution in [0.25, 0.3) is 0 Å². The van der Waals surface area contributed by atoms with Crippen LogP contribution in [-0.4, -0.2) is 32.3 Å². The number of halogens is 4. The fraction of sp³-hybridized carbons (Fsp3) is 0.345. The number of carbonyl (C=O) groups excluding carboxylic acids is 1. The molecule has 0 saturated carbocycles. The number of aryl methyl sites for hydroxylation is 1. The van der Waals surface area contributed by atoms with E-state index in [0.29, 0.717) is 29.0 Å². The quantitative estimate of drug-likeness (QED) is 0.273. The van der Waals surface area contributed by atoms with E-state index < -0.39 is 39.2 Å². The summed E-state index contributed by atoms with van der Waals surface area (Å²) in [5.74, 6) is -2.23. The number of hydrogen-bond acceptors (Lipinski definition) is 3. The zero-order valence-corrected chi connectivity index (χ0v) is 23.1. The molecule has 1 heterocycles. The van der Waals surface area contributed by atoms with Crippen molar-refractivity contribution in [3.8, 4) is 0 Å². The van der Waals surface area contributed by atoms with Crippen molar-refractivity contribution in [1.29, 1.82) is 0 Å². The SMILES string of the molecule is CC(c1ccc(F)cc1CCCC(=O)N1CCCCC1)N(c1cc(F)ccc1F)S(=O)(=O)c1ccc(Cl)cc1. The van der Waals surface area contributed by atoms with Gasteiger partial charge < -0.3 is 4.90 Å². The molecule has 1 atom stereocenters. The number of nitrogens with zero attached hydrogens (tertiary/aromatic N) is 2. The maximum atomic E-state index is 15.0. The standard InChI is InChI=1S/C29H30ClF3N2O3S/c1-20(26-14-10-23(31)18-21(26)6-5-7-29(36)34-16-3-2-4-17-34)35(28-19-24(32)11-15-27(28)33)39(37,38)25-12-8-22(30)9-13-25/h8-15,18-20H,2-7,16-17H2,1H3. The number of benzene rings is 3. The number of rotatable bonds is 9. The molecular weight excluding hydrogens is 549 g/mol. The van der Waals surface area contributed by atoms with Crippen molar-refractivity contribution in [2.75, 3.05) is 17.4 Å². The van der Waals surface area contributed by atoms with Crippen molar-refractivity contribution >= 4 is 33.2 Å². The molecule has 1 saturated heterocycles. The lowest BCUT2D eigenvalue weighted by Gasteiger charge is -2.32. The van der Waals surface area contributed by atoms with Crippen LogP contribution in [0.1, 0.15) is 56.2 Å². The first-order valence-corrected chi connectivity index (χ1v) is 14.7. The highest BCUT2D eigenvalue weighted by Gasteiger charge is 2.33. The van der Waals surface area contributed by atoms with Gasteiger partial charge in [0.05, 0.1) is 16.6 Å². The molecule has 3 aromatic carbocycles. The van der Waals surface area contributed by atoms with Crippen LogP contribution in [0.3, 0.4) is 0 Å². The lowest BCUT2D eigenvalue weighted by molar-refractivity contribution is -0.132. The lowest BCUT2D eigenvalue weighted by Crippen LogP contribution is -2.35. The van der Waals surface area contributed by atoms with Crippen LogP contribution in [0.15, 0.2) is 65.6 Å². The first kappa shape index (κ1) is 29.0.